The molecule has 12 aromatic rings. The van der Waals surface area contributed by atoms with Gasteiger partial charge in [0.1, 0.15) is 27.4 Å². The Morgan fingerprint density at radius 2 is 0.727 bits per heavy atom. The van der Waals surface area contributed by atoms with Crippen molar-refractivity contribution in [2.24, 2.45) is 0 Å². The highest BCUT2D eigenvalue weighted by Crippen LogP contribution is 2.44. The first-order valence-corrected chi connectivity index (χ1v) is 42.9. The highest BCUT2D eigenvalue weighted by Gasteiger charge is 2.42. The Bertz CT molecular complexity index is 5690. The van der Waals surface area contributed by atoms with E-state index in [4.69, 9.17) is 29.7 Å². The smallest absolute Gasteiger partial charge is 0.278 e. The van der Waals surface area contributed by atoms with Crippen molar-refractivity contribution < 1.29 is 20.1 Å². The summed E-state index contributed by atoms with van der Waals surface area (Å²) >= 11 is 0. The lowest BCUT2D eigenvalue weighted by atomic mass is 9.77. The number of aliphatic hydroxyl groups is 3. The van der Waals surface area contributed by atoms with Crippen molar-refractivity contribution in [3.8, 4) is 17.5 Å². The van der Waals surface area contributed by atoms with Gasteiger partial charge in [-0.1, -0.05) is 72.8 Å². The molecule has 6 N–H and O–H groups in total. The van der Waals surface area contributed by atoms with Crippen LogP contribution in [0.15, 0.2) is 198 Å². The predicted molar refractivity (Wildman–Crippen MR) is 471 cm³/mol. The fraction of sp³-hybridized carbons (Fsp3) is 0.419. The van der Waals surface area contributed by atoms with Crippen LogP contribution in [0.1, 0.15) is 174 Å². The van der Waals surface area contributed by atoms with Crippen LogP contribution < -0.4 is 32.6 Å². The zero-order valence-corrected chi connectivity index (χ0v) is 69.6. The zero-order chi connectivity index (χ0) is 83.7. The molecule has 121 heavy (non-hydrogen) atoms. The van der Waals surface area contributed by atoms with Gasteiger partial charge in [0.05, 0.1) is 49.9 Å². The van der Waals surface area contributed by atoms with Crippen LogP contribution in [0.5, 0.6) is 0 Å². The van der Waals surface area contributed by atoms with Gasteiger partial charge in [0.2, 0.25) is 17.8 Å². The summed E-state index contributed by atoms with van der Waals surface area (Å²) in [6, 6.07) is 44.2. The maximum Gasteiger partial charge on any atom is 0.278 e. The summed E-state index contributed by atoms with van der Waals surface area (Å²) in [5, 5.41) is 43.7. The Morgan fingerprint density at radius 3 is 0.992 bits per heavy atom. The fourth-order valence-corrected chi connectivity index (χ4v) is 18.4. The third-order valence-corrected chi connectivity index (χ3v) is 26.1. The Kier molecular flexibility index (Phi) is 23.6. The van der Waals surface area contributed by atoms with Crippen LogP contribution >= 0.6 is 0 Å². The molecule has 5 aliphatic carbocycles. The van der Waals surface area contributed by atoms with Crippen LogP contribution in [0.25, 0.3) is 50.6 Å². The predicted octanol–water partition coefficient (Wildman–Crippen LogP) is 13.6. The quantitative estimate of drug-likeness (QED) is 0.0306. The van der Waals surface area contributed by atoms with Gasteiger partial charge in [-0.25, -0.2) is 58.0 Å². The maximum absolute atomic E-state index is 13.3. The molecule has 19 rings (SSSR count). The van der Waals surface area contributed by atoms with E-state index in [1.807, 2.05) is 36.4 Å². The number of hydrogen-bond donors (Lipinski definition) is 6. The molecular weight excluding hydrogens is 1520 g/mol. The lowest BCUT2D eigenvalue weighted by Crippen LogP contribution is -2.47. The number of nitrogens with zero attached hydrogens (tertiary/aromatic N) is 18. The van der Waals surface area contributed by atoms with E-state index in [0.717, 1.165) is 35.9 Å². The molecule has 7 fully saturated rings. The highest BCUT2D eigenvalue weighted by atomic mass is 16.5. The molecule has 0 bridgehead atoms. The number of allylic oxidation sites excluding steroid dienone is 3. The summed E-state index contributed by atoms with van der Waals surface area (Å²) in [7, 11) is 8.68. The van der Waals surface area contributed by atoms with Gasteiger partial charge in [0.15, 0.2) is 40.0 Å². The van der Waals surface area contributed by atoms with Crippen molar-refractivity contribution in [3.63, 3.8) is 0 Å². The van der Waals surface area contributed by atoms with E-state index < -0.39 is 16.8 Å². The Morgan fingerprint density at radius 1 is 0.413 bits per heavy atom. The van der Waals surface area contributed by atoms with Crippen LogP contribution in [0.3, 0.4) is 0 Å². The molecule has 5 saturated carbocycles. The van der Waals surface area contributed by atoms with E-state index in [1.54, 1.807) is 72.2 Å². The molecule has 7 aliphatic rings. The van der Waals surface area contributed by atoms with Gasteiger partial charge in [0, 0.05) is 53.8 Å². The van der Waals surface area contributed by atoms with E-state index in [1.165, 1.54) is 124 Å². The van der Waals surface area contributed by atoms with Crippen molar-refractivity contribution in [2.75, 3.05) is 70.4 Å². The first-order valence-electron chi connectivity index (χ1n) is 42.9. The number of anilines is 6. The summed E-state index contributed by atoms with van der Waals surface area (Å²) in [5.74, 6) is 4.48. The molecule has 2 aliphatic heterocycles. The van der Waals surface area contributed by atoms with Crippen molar-refractivity contribution in [3.05, 3.63) is 249 Å². The average Bonchev–Trinajstić information content (AvgIpc) is 1.62. The normalized spacial score (nSPS) is 21.0. The molecule has 628 valence electrons. The number of benzene rings is 3. The third-order valence-electron chi connectivity index (χ3n) is 26.1. The zero-order valence-electron chi connectivity index (χ0n) is 69.6. The van der Waals surface area contributed by atoms with Gasteiger partial charge < -0.3 is 50.7 Å². The van der Waals surface area contributed by atoms with E-state index >= 15 is 0 Å². The SMILES string of the molecule is C=CCn1c(=O)c2cnc(Nc3ccc(C4CCC(N(C)C)CC4)cc3)nc2n1-c1cccc(C2(O)CCC2)n1.C=CCn1c(=O)c2cnc(Nc3ccc(C4CCC(N(C)C)CC4)cc3)nc2n1-c1cccc(C2(O)COC2)n1.C=CCn1c(=O)c2cnc(Nc3ccc(C4CCC(N5CCC5)CC4)cc3)nc2n1-c1cccc(C2(O)CCC2)n1. The fourth-order valence-electron chi connectivity index (χ4n) is 18.4. The molecular formula is C93H109N21O7. The van der Waals surface area contributed by atoms with Crippen molar-refractivity contribution in [1.82, 2.24) is 87.6 Å². The van der Waals surface area contributed by atoms with E-state index in [2.05, 4.69) is 171 Å². The van der Waals surface area contributed by atoms with Crippen LogP contribution in [-0.2, 0) is 41.2 Å². The number of nitrogens with one attached hydrogen (secondary N) is 3. The second-order valence-electron chi connectivity index (χ2n) is 34.3. The minimum atomic E-state index is -1.14. The molecule has 3 aromatic carbocycles. The van der Waals surface area contributed by atoms with E-state index in [9.17, 15) is 29.7 Å². The van der Waals surface area contributed by atoms with Gasteiger partial charge in [-0.3, -0.25) is 14.4 Å². The van der Waals surface area contributed by atoms with Crippen LogP contribution in [-0.4, -0.2) is 176 Å². The molecule has 9 aromatic heterocycles. The first-order chi connectivity index (χ1) is 58.7. The minimum Gasteiger partial charge on any atom is -0.384 e. The number of aromatic nitrogens is 15. The van der Waals surface area contributed by atoms with Gasteiger partial charge in [-0.2, -0.15) is 15.0 Å². The number of fused-ring (bicyclic) bond motifs is 3. The maximum atomic E-state index is 13.3. The Balaban J connectivity index is 0.000000129. The van der Waals surface area contributed by atoms with E-state index in [-0.39, 0.29) is 49.5 Å². The molecule has 0 radical (unpaired) electrons. The molecule has 11 heterocycles. The van der Waals surface area contributed by atoms with Crippen LogP contribution in [0.2, 0.25) is 0 Å². The second-order valence-corrected chi connectivity index (χ2v) is 34.3. The first kappa shape index (κ1) is 81.8. The topological polar surface area (TPSA) is 313 Å². The molecule has 0 unspecified atom stereocenters. The Hall–Kier alpha value is -11.5. The molecule has 28 nitrogen and oxygen atoms in total. The lowest BCUT2D eigenvalue weighted by Gasteiger charge is -2.42. The summed E-state index contributed by atoms with van der Waals surface area (Å²) in [5.41, 5.74) is 6.16. The third kappa shape index (κ3) is 16.8. The van der Waals surface area contributed by atoms with Gasteiger partial charge >= 0.3 is 0 Å². The summed E-state index contributed by atoms with van der Waals surface area (Å²) < 4.78 is 14.9. The average molecular weight is 1630 g/mol. The van der Waals surface area contributed by atoms with Crippen LogP contribution in [0.4, 0.5) is 34.9 Å². The second kappa shape index (κ2) is 34.9. The van der Waals surface area contributed by atoms with Gasteiger partial charge in [-0.05, 0) is 271 Å². The highest BCUT2D eigenvalue weighted by molar-refractivity contribution is 5.79. The van der Waals surface area contributed by atoms with Gasteiger partial charge in [0.25, 0.3) is 16.7 Å². The van der Waals surface area contributed by atoms with Crippen molar-refractivity contribution in [1.29, 1.82) is 0 Å². The van der Waals surface area contributed by atoms with Crippen LogP contribution in [0, 0.1) is 0 Å². The monoisotopic (exact) mass is 1630 g/mol. The number of rotatable bonds is 24. The number of pyridine rings is 3. The lowest BCUT2D eigenvalue weighted by molar-refractivity contribution is -0.186. The Labute approximate surface area is 703 Å². The molecule has 0 atom stereocenters. The minimum absolute atomic E-state index is 0.182. The number of likely N-dealkylation sites (tertiary alicyclic amines) is 1. The molecule has 2 saturated heterocycles. The molecule has 28 heteroatoms. The largest absolute Gasteiger partial charge is 0.384 e. The number of hydrogen-bond acceptors (Lipinski definition) is 22. The number of ether oxygens (including phenoxy) is 1. The standard InChI is InChI=1S/C32H37N7O2.C31H37N7O2.C30H35N7O3/c1-2-18-38-30(40)26-21-33-31(36-29(26)39(38)28-7-3-6-27(35-28)32(41)16-4-17-32)34-24-12-8-22(9-13-24)23-10-14-25(15-11-23)37-19-5-20-37;1-4-19-37-29(39)25-20-32-30(33-23-13-9-21(10-14-23)22-11-15-24(16-12-22)36(2)3)35-28(25)38(37)27-8-5-7-26(34-27)31(40)17-6-18-31;1-4-16-36-28(38)24-17-31-29(32-22-12-8-20(9-13-22)21-10-14-23(15-11-21)35(2)3)34-27(24)37(36)26-7-5-6-25(33-26)30(39)18-40-19-30/h2-3,6-9,12-13,21,23,25,41H,1,4-5,10-11,14-20H2,(H,33,34,36);4-5,7-10,13-14,20,22,24,40H,1,6,11-12,15-19H2,2-3H3,(H,32,33,35);4-9,12-13,17,21,23,39H,1,10-11,14-16,18-19H2,2-3H3,(H,31,32,34). The van der Waals surface area contributed by atoms with Gasteiger partial charge in [-0.15, -0.1) is 19.7 Å². The van der Waals surface area contributed by atoms with E-state index in [0.29, 0.717) is 141 Å². The van der Waals surface area contributed by atoms with Crippen molar-refractivity contribution >= 4 is 68.0 Å². The summed E-state index contributed by atoms with van der Waals surface area (Å²) in [6.45, 7) is 15.2. The van der Waals surface area contributed by atoms with Crippen molar-refractivity contribution in [2.45, 2.75) is 194 Å². The molecule has 0 amide bonds. The summed E-state index contributed by atoms with van der Waals surface area (Å²) in [4.78, 5) is 89.0. The summed E-state index contributed by atoms with van der Waals surface area (Å²) in [6.07, 6.45) is 30.5. The molecule has 0 spiro atoms.